The zero-order valence-corrected chi connectivity index (χ0v) is 11.8. The number of hydrogen-bond acceptors (Lipinski definition) is 4. The largest absolute Gasteiger partial charge is 0.356 e. The van der Waals surface area contributed by atoms with E-state index in [9.17, 15) is 0 Å². The Morgan fingerprint density at radius 3 is 2.76 bits per heavy atom. The highest BCUT2D eigenvalue weighted by molar-refractivity contribution is 6.32. The topological polar surface area (TPSA) is 41.1 Å². The second kappa shape index (κ2) is 6.64. The van der Waals surface area contributed by atoms with E-state index in [4.69, 9.17) is 11.6 Å². The van der Waals surface area contributed by atoms with Crippen LogP contribution in [0.5, 0.6) is 0 Å². The van der Waals surface area contributed by atoms with Crippen molar-refractivity contribution in [2.24, 2.45) is 0 Å². The van der Waals surface area contributed by atoms with Crippen molar-refractivity contribution in [1.29, 1.82) is 0 Å². The quantitative estimate of drug-likeness (QED) is 0.849. The Labute approximate surface area is 108 Å². The lowest BCUT2D eigenvalue weighted by Gasteiger charge is -2.25. The molecular formula is C12H21ClN4. The molecule has 17 heavy (non-hydrogen) atoms. The highest BCUT2D eigenvalue weighted by Gasteiger charge is 2.14. The maximum atomic E-state index is 6.13. The number of nitrogens with one attached hydrogen (secondary N) is 1. The minimum absolute atomic E-state index is 0.404. The summed E-state index contributed by atoms with van der Waals surface area (Å²) >= 11 is 6.13. The van der Waals surface area contributed by atoms with Gasteiger partial charge in [0.1, 0.15) is 5.02 Å². The van der Waals surface area contributed by atoms with Gasteiger partial charge < -0.3 is 10.2 Å². The van der Waals surface area contributed by atoms with E-state index in [1.54, 1.807) is 6.20 Å². The molecule has 1 unspecified atom stereocenters. The third-order valence-corrected chi connectivity index (χ3v) is 3.11. The Kier molecular flexibility index (Phi) is 5.48. The predicted octanol–water partition coefficient (Wildman–Crippen LogP) is 3.19. The lowest BCUT2D eigenvalue weighted by Crippen LogP contribution is -2.29. The minimum Gasteiger partial charge on any atom is -0.356 e. The number of nitrogens with zero attached hydrogens (tertiary/aromatic N) is 3. The van der Waals surface area contributed by atoms with Gasteiger partial charge in [-0.05, 0) is 19.8 Å². The molecule has 0 fully saturated rings. The molecule has 0 amide bonds. The summed E-state index contributed by atoms with van der Waals surface area (Å²) in [6, 6.07) is 0.404. The summed E-state index contributed by atoms with van der Waals surface area (Å²) in [6.07, 6.45) is 3.75. The van der Waals surface area contributed by atoms with E-state index in [1.807, 2.05) is 7.05 Å². The van der Waals surface area contributed by atoms with Crippen LogP contribution in [0.1, 0.15) is 33.6 Å². The number of hydrogen-bond donors (Lipinski definition) is 1. The fourth-order valence-electron chi connectivity index (χ4n) is 1.41. The Morgan fingerprint density at radius 2 is 2.18 bits per heavy atom. The van der Waals surface area contributed by atoms with Crippen LogP contribution in [0.15, 0.2) is 6.20 Å². The SMILES string of the molecule is CCCNc1ncc(Cl)c(N(C)C(C)CC)n1. The molecule has 0 aliphatic rings. The summed E-state index contributed by atoms with van der Waals surface area (Å²) in [6.45, 7) is 7.27. The van der Waals surface area contributed by atoms with Gasteiger partial charge in [-0.2, -0.15) is 4.98 Å². The number of aromatic nitrogens is 2. The van der Waals surface area contributed by atoms with Gasteiger partial charge in [0, 0.05) is 19.6 Å². The molecule has 1 aromatic rings. The van der Waals surface area contributed by atoms with E-state index < -0.39 is 0 Å². The van der Waals surface area contributed by atoms with Crippen LogP contribution >= 0.6 is 11.6 Å². The standard InChI is InChI=1S/C12H21ClN4/c1-5-7-14-12-15-8-10(13)11(16-12)17(4)9(3)6-2/h8-9H,5-7H2,1-4H3,(H,14,15,16). The highest BCUT2D eigenvalue weighted by Crippen LogP contribution is 2.24. The third-order valence-electron chi connectivity index (χ3n) is 2.84. The molecule has 0 radical (unpaired) electrons. The summed E-state index contributed by atoms with van der Waals surface area (Å²) in [4.78, 5) is 10.7. The van der Waals surface area contributed by atoms with Crippen molar-refractivity contribution < 1.29 is 0 Å². The van der Waals surface area contributed by atoms with E-state index in [0.717, 1.165) is 25.2 Å². The van der Waals surface area contributed by atoms with E-state index in [1.165, 1.54) is 0 Å². The van der Waals surface area contributed by atoms with Crippen LogP contribution in [0.25, 0.3) is 0 Å². The normalized spacial score (nSPS) is 12.3. The lowest BCUT2D eigenvalue weighted by atomic mass is 10.2. The van der Waals surface area contributed by atoms with Crippen molar-refractivity contribution in [2.45, 2.75) is 39.7 Å². The second-order valence-corrected chi connectivity index (χ2v) is 4.57. The maximum absolute atomic E-state index is 6.13. The highest BCUT2D eigenvalue weighted by atomic mass is 35.5. The molecule has 0 saturated heterocycles. The first-order valence-corrected chi connectivity index (χ1v) is 6.47. The second-order valence-electron chi connectivity index (χ2n) is 4.16. The molecule has 0 aliphatic heterocycles. The third kappa shape index (κ3) is 3.73. The zero-order chi connectivity index (χ0) is 12.8. The monoisotopic (exact) mass is 256 g/mol. The number of rotatable bonds is 6. The predicted molar refractivity (Wildman–Crippen MR) is 74.0 cm³/mol. The summed E-state index contributed by atoms with van der Waals surface area (Å²) in [7, 11) is 2.01. The molecule has 1 heterocycles. The van der Waals surface area contributed by atoms with Gasteiger partial charge >= 0.3 is 0 Å². The Balaban J connectivity index is 2.89. The van der Waals surface area contributed by atoms with E-state index in [-0.39, 0.29) is 0 Å². The Bertz CT molecular complexity index is 356. The van der Waals surface area contributed by atoms with Gasteiger partial charge in [0.05, 0.1) is 6.20 Å². The molecule has 0 aromatic carbocycles. The summed E-state index contributed by atoms with van der Waals surface area (Å²) in [5.74, 6) is 1.43. The van der Waals surface area contributed by atoms with Gasteiger partial charge in [-0.1, -0.05) is 25.4 Å². The van der Waals surface area contributed by atoms with Crippen molar-refractivity contribution in [1.82, 2.24) is 9.97 Å². The average Bonchev–Trinajstić information content (AvgIpc) is 2.36. The molecule has 0 bridgehead atoms. The van der Waals surface area contributed by atoms with Crippen molar-refractivity contribution in [3.63, 3.8) is 0 Å². The van der Waals surface area contributed by atoms with Crippen molar-refractivity contribution in [3.8, 4) is 0 Å². The molecule has 1 rings (SSSR count). The molecule has 4 nitrogen and oxygen atoms in total. The number of halogens is 1. The molecular weight excluding hydrogens is 236 g/mol. The van der Waals surface area contributed by atoms with Crippen LogP contribution in [-0.2, 0) is 0 Å². The summed E-state index contributed by atoms with van der Waals surface area (Å²) in [5.41, 5.74) is 0. The van der Waals surface area contributed by atoms with Crippen LogP contribution in [0, 0.1) is 0 Å². The first-order valence-electron chi connectivity index (χ1n) is 6.09. The first-order chi connectivity index (χ1) is 8.10. The van der Waals surface area contributed by atoms with E-state index >= 15 is 0 Å². The smallest absolute Gasteiger partial charge is 0.224 e. The summed E-state index contributed by atoms with van der Waals surface area (Å²) < 4.78 is 0. The van der Waals surface area contributed by atoms with Gasteiger partial charge in [-0.15, -0.1) is 0 Å². The van der Waals surface area contributed by atoms with Crippen molar-refractivity contribution >= 4 is 23.4 Å². The van der Waals surface area contributed by atoms with Crippen molar-refractivity contribution in [2.75, 3.05) is 23.8 Å². The Morgan fingerprint density at radius 1 is 1.47 bits per heavy atom. The summed E-state index contributed by atoms with van der Waals surface area (Å²) in [5, 5.41) is 3.76. The molecule has 5 heteroatoms. The molecule has 0 saturated carbocycles. The molecule has 0 spiro atoms. The fraction of sp³-hybridized carbons (Fsp3) is 0.667. The molecule has 1 atom stereocenters. The van der Waals surface area contributed by atoms with Crippen LogP contribution in [0.2, 0.25) is 5.02 Å². The molecule has 1 N–H and O–H groups in total. The van der Waals surface area contributed by atoms with E-state index in [0.29, 0.717) is 17.0 Å². The minimum atomic E-state index is 0.404. The molecule has 96 valence electrons. The maximum Gasteiger partial charge on any atom is 0.224 e. The molecule has 1 aromatic heterocycles. The fourth-order valence-corrected chi connectivity index (χ4v) is 1.63. The van der Waals surface area contributed by atoms with Crippen LogP contribution in [-0.4, -0.2) is 29.6 Å². The van der Waals surface area contributed by atoms with Gasteiger partial charge in [-0.25, -0.2) is 4.98 Å². The van der Waals surface area contributed by atoms with E-state index in [2.05, 4.69) is 41.0 Å². The van der Waals surface area contributed by atoms with Gasteiger partial charge in [0.2, 0.25) is 5.95 Å². The van der Waals surface area contributed by atoms with Crippen LogP contribution < -0.4 is 10.2 Å². The van der Waals surface area contributed by atoms with Gasteiger partial charge in [-0.3, -0.25) is 0 Å². The first kappa shape index (κ1) is 14.0. The van der Waals surface area contributed by atoms with Crippen LogP contribution in [0.4, 0.5) is 11.8 Å². The van der Waals surface area contributed by atoms with Crippen LogP contribution in [0.3, 0.4) is 0 Å². The number of anilines is 2. The molecule has 0 aliphatic carbocycles. The zero-order valence-electron chi connectivity index (χ0n) is 11.0. The Hall–Kier alpha value is -1.03. The van der Waals surface area contributed by atoms with Gasteiger partial charge in [0.25, 0.3) is 0 Å². The van der Waals surface area contributed by atoms with Gasteiger partial charge in [0.15, 0.2) is 5.82 Å². The average molecular weight is 257 g/mol. The van der Waals surface area contributed by atoms with Crippen molar-refractivity contribution in [3.05, 3.63) is 11.2 Å². The lowest BCUT2D eigenvalue weighted by molar-refractivity contribution is 0.656.